The fourth-order valence-electron chi connectivity index (χ4n) is 1.66. The number of hydrogen-bond donors (Lipinski definition) is 3. The van der Waals surface area contributed by atoms with E-state index < -0.39 is 17.6 Å². The minimum Gasteiger partial charge on any atom is -0.324 e. The Kier molecular flexibility index (Phi) is 4.13. The van der Waals surface area contributed by atoms with Crippen molar-refractivity contribution >= 4 is 17.3 Å². The molecule has 2 aromatic rings. The van der Waals surface area contributed by atoms with Gasteiger partial charge in [0.05, 0.1) is 5.56 Å². The number of rotatable bonds is 3. The summed E-state index contributed by atoms with van der Waals surface area (Å²) in [5.74, 6) is 4.79. The normalized spacial score (nSPS) is 11.0. The minimum absolute atomic E-state index is 0.286. The molecule has 0 aliphatic heterocycles. The molecule has 0 heterocycles. The molecule has 110 valence electrons. The Labute approximate surface area is 118 Å². The molecule has 2 rings (SSSR count). The second kappa shape index (κ2) is 5.84. The van der Waals surface area contributed by atoms with Gasteiger partial charge in [0.1, 0.15) is 0 Å². The number of hydrazine groups is 1. The van der Waals surface area contributed by atoms with Gasteiger partial charge in [-0.2, -0.15) is 13.2 Å². The Morgan fingerprint density at radius 3 is 1.90 bits per heavy atom. The van der Waals surface area contributed by atoms with E-state index in [0.717, 1.165) is 12.1 Å². The molecule has 0 spiro atoms. The van der Waals surface area contributed by atoms with Crippen LogP contribution in [0, 0.1) is 0 Å². The second-order valence-corrected chi connectivity index (χ2v) is 4.25. The number of amides is 1. The van der Waals surface area contributed by atoms with Gasteiger partial charge in [-0.25, -0.2) is 0 Å². The second-order valence-electron chi connectivity index (χ2n) is 4.25. The van der Waals surface area contributed by atoms with Gasteiger partial charge < -0.3 is 10.7 Å². The van der Waals surface area contributed by atoms with Crippen molar-refractivity contribution in [3.63, 3.8) is 0 Å². The SMILES string of the molecule is NNc1ccc(C(=O)Nc2ccc(C(F)(F)F)cc2)cc1. The van der Waals surface area contributed by atoms with E-state index in [1.807, 2.05) is 0 Å². The van der Waals surface area contributed by atoms with E-state index >= 15 is 0 Å². The monoisotopic (exact) mass is 295 g/mol. The van der Waals surface area contributed by atoms with Crippen molar-refractivity contribution in [2.24, 2.45) is 5.84 Å². The molecule has 0 atom stereocenters. The maximum absolute atomic E-state index is 12.4. The lowest BCUT2D eigenvalue weighted by atomic mass is 10.1. The third-order valence-corrected chi connectivity index (χ3v) is 2.78. The molecule has 7 heteroatoms. The van der Waals surface area contributed by atoms with Gasteiger partial charge in [0, 0.05) is 16.9 Å². The summed E-state index contributed by atoms with van der Waals surface area (Å²) in [6.45, 7) is 0. The smallest absolute Gasteiger partial charge is 0.324 e. The molecule has 0 unspecified atom stereocenters. The number of halogens is 3. The first kappa shape index (κ1) is 14.9. The summed E-state index contributed by atoms with van der Waals surface area (Å²) in [7, 11) is 0. The van der Waals surface area contributed by atoms with Crippen molar-refractivity contribution in [3.05, 3.63) is 59.7 Å². The molecule has 0 saturated carbocycles. The van der Waals surface area contributed by atoms with Gasteiger partial charge in [0.2, 0.25) is 0 Å². The van der Waals surface area contributed by atoms with E-state index in [1.54, 1.807) is 24.3 Å². The van der Waals surface area contributed by atoms with E-state index in [-0.39, 0.29) is 5.69 Å². The number of anilines is 2. The van der Waals surface area contributed by atoms with E-state index in [2.05, 4.69) is 10.7 Å². The summed E-state index contributed by atoms with van der Waals surface area (Å²) in [5, 5.41) is 2.52. The lowest BCUT2D eigenvalue weighted by Gasteiger charge is -2.09. The van der Waals surface area contributed by atoms with Gasteiger partial charge in [-0.15, -0.1) is 0 Å². The zero-order valence-corrected chi connectivity index (χ0v) is 10.7. The first-order chi connectivity index (χ1) is 9.90. The Bertz CT molecular complexity index is 621. The number of carbonyl (C=O) groups excluding carboxylic acids is 1. The highest BCUT2D eigenvalue weighted by molar-refractivity contribution is 6.04. The Balaban J connectivity index is 2.08. The van der Waals surface area contributed by atoms with Crippen molar-refractivity contribution in [3.8, 4) is 0 Å². The van der Waals surface area contributed by atoms with Crippen LogP contribution in [-0.4, -0.2) is 5.91 Å². The molecule has 1 amide bonds. The molecule has 4 N–H and O–H groups in total. The summed E-state index contributed by atoms with van der Waals surface area (Å²) >= 11 is 0. The highest BCUT2D eigenvalue weighted by Gasteiger charge is 2.29. The molecule has 0 fully saturated rings. The molecule has 4 nitrogen and oxygen atoms in total. The van der Waals surface area contributed by atoms with Gasteiger partial charge in [-0.05, 0) is 48.5 Å². The molecule has 0 saturated heterocycles. The number of nitrogen functional groups attached to an aromatic ring is 1. The van der Waals surface area contributed by atoms with E-state index in [0.29, 0.717) is 11.3 Å². The summed E-state index contributed by atoms with van der Waals surface area (Å²) < 4.78 is 37.2. The summed E-state index contributed by atoms with van der Waals surface area (Å²) in [6, 6.07) is 10.6. The van der Waals surface area contributed by atoms with Crippen LogP contribution in [0.4, 0.5) is 24.5 Å². The standard InChI is InChI=1S/C14H12F3N3O/c15-14(16,17)10-3-7-11(8-4-10)19-13(21)9-1-5-12(20-18)6-2-9/h1-8,20H,18H2,(H,19,21). The van der Waals surface area contributed by atoms with Crippen molar-refractivity contribution in [2.75, 3.05) is 10.7 Å². The van der Waals surface area contributed by atoms with Crippen LogP contribution in [0.2, 0.25) is 0 Å². The molecule has 21 heavy (non-hydrogen) atoms. The third kappa shape index (κ3) is 3.73. The molecule has 0 radical (unpaired) electrons. The largest absolute Gasteiger partial charge is 0.416 e. The van der Waals surface area contributed by atoms with Gasteiger partial charge >= 0.3 is 6.18 Å². The van der Waals surface area contributed by atoms with Crippen LogP contribution in [0.5, 0.6) is 0 Å². The zero-order chi connectivity index (χ0) is 15.5. The fraction of sp³-hybridized carbons (Fsp3) is 0.0714. The molecular weight excluding hydrogens is 283 g/mol. The number of nitrogens with two attached hydrogens (primary N) is 1. The average molecular weight is 295 g/mol. The Morgan fingerprint density at radius 1 is 0.905 bits per heavy atom. The predicted molar refractivity (Wildman–Crippen MR) is 73.6 cm³/mol. The van der Waals surface area contributed by atoms with Crippen molar-refractivity contribution < 1.29 is 18.0 Å². The first-order valence-corrected chi connectivity index (χ1v) is 5.95. The minimum atomic E-state index is -4.40. The number of benzene rings is 2. The van der Waals surface area contributed by atoms with Gasteiger partial charge in [-0.1, -0.05) is 0 Å². The summed E-state index contributed by atoms with van der Waals surface area (Å²) in [5.41, 5.74) is 2.96. The van der Waals surface area contributed by atoms with E-state index in [9.17, 15) is 18.0 Å². The Hall–Kier alpha value is -2.54. The number of nitrogens with one attached hydrogen (secondary N) is 2. The zero-order valence-electron chi connectivity index (χ0n) is 10.7. The maximum Gasteiger partial charge on any atom is 0.416 e. The Morgan fingerprint density at radius 2 is 1.43 bits per heavy atom. The predicted octanol–water partition coefficient (Wildman–Crippen LogP) is 3.24. The van der Waals surface area contributed by atoms with E-state index in [1.165, 1.54) is 12.1 Å². The van der Waals surface area contributed by atoms with Gasteiger partial charge in [-0.3, -0.25) is 10.6 Å². The molecule has 0 aliphatic carbocycles. The average Bonchev–Trinajstić information content (AvgIpc) is 2.47. The number of carbonyl (C=O) groups is 1. The van der Waals surface area contributed by atoms with Crippen LogP contribution < -0.4 is 16.6 Å². The van der Waals surface area contributed by atoms with Crippen LogP contribution >= 0.6 is 0 Å². The van der Waals surface area contributed by atoms with Crippen LogP contribution in [0.1, 0.15) is 15.9 Å². The van der Waals surface area contributed by atoms with Gasteiger partial charge in [0.25, 0.3) is 5.91 Å². The molecule has 0 aromatic heterocycles. The van der Waals surface area contributed by atoms with Crippen LogP contribution in [0.3, 0.4) is 0 Å². The lowest BCUT2D eigenvalue weighted by Crippen LogP contribution is -2.13. The summed E-state index contributed by atoms with van der Waals surface area (Å²) in [4.78, 5) is 11.9. The summed E-state index contributed by atoms with van der Waals surface area (Å²) in [6.07, 6.45) is -4.40. The first-order valence-electron chi connectivity index (χ1n) is 5.95. The molecule has 0 bridgehead atoms. The van der Waals surface area contributed by atoms with Crippen LogP contribution in [0.25, 0.3) is 0 Å². The highest BCUT2D eigenvalue weighted by atomic mass is 19.4. The number of alkyl halides is 3. The lowest BCUT2D eigenvalue weighted by molar-refractivity contribution is -0.137. The maximum atomic E-state index is 12.4. The quantitative estimate of drug-likeness (QED) is 0.601. The van der Waals surface area contributed by atoms with Crippen LogP contribution in [0.15, 0.2) is 48.5 Å². The fourth-order valence-corrected chi connectivity index (χ4v) is 1.66. The number of hydrogen-bond acceptors (Lipinski definition) is 3. The molecular formula is C14H12F3N3O. The van der Waals surface area contributed by atoms with E-state index in [4.69, 9.17) is 5.84 Å². The van der Waals surface area contributed by atoms with Crippen LogP contribution in [-0.2, 0) is 6.18 Å². The van der Waals surface area contributed by atoms with Crippen molar-refractivity contribution in [1.82, 2.24) is 0 Å². The van der Waals surface area contributed by atoms with Crippen molar-refractivity contribution in [2.45, 2.75) is 6.18 Å². The highest BCUT2D eigenvalue weighted by Crippen LogP contribution is 2.29. The molecule has 2 aromatic carbocycles. The van der Waals surface area contributed by atoms with Gasteiger partial charge in [0.15, 0.2) is 0 Å². The third-order valence-electron chi connectivity index (χ3n) is 2.78. The van der Waals surface area contributed by atoms with Crippen molar-refractivity contribution in [1.29, 1.82) is 0 Å². The topological polar surface area (TPSA) is 67.1 Å². The molecule has 0 aliphatic rings.